The van der Waals surface area contributed by atoms with Gasteiger partial charge in [-0.15, -0.1) is 32.8 Å². The molecule has 0 bridgehead atoms. The number of carbonyl (C=O) groups is 1. The molecule has 0 radical (unpaired) electrons. The molecule has 0 spiro atoms. The number of benzene rings is 4. The van der Waals surface area contributed by atoms with Gasteiger partial charge in [-0.2, -0.15) is 0 Å². The van der Waals surface area contributed by atoms with E-state index in [0.717, 1.165) is 28.7 Å². The zero-order chi connectivity index (χ0) is 27.2. The minimum atomic E-state index is 0.0942. The molecule has 0 heterocycles. The molecule has 4 aromatic carbocycles. The van der Waals surface area contributed by atoms with Crippen LogP contribution in [0, 0.1) is 0 Å². The normalized spacial score (nSPS) is 10.9. The number of rotatable bonds is 5. The predicted molar refractivity (Wildman–Crippen MR) is 193 cm³/mol. The first-order valence-corrected chi connectivity index (χ1v) is 13.3. The van der Waals surface area contributed by atoms with Crippen molar-refractivity contribution in [3.8, 4) is 11.1 Å². The maximum Gasteiger partial charge on any atom is 0.193 e. The van der Waals surface area contributed by atoms with Crippen LogP contribution in [0.25, 0.3) is 11.1 Å². The van der Waals surface area contributed by atoms with Crippen LogP contribution in [0.2, 0.25) is 0 Å². The van der Waals surface area contributed by atoms with Crippen molar-refractivity contribution in [1.29, 1.82) is 0 Å². The fourth-order valence-corrected chi connectivity index (χ4v) is 5.88. The van der Waals surface area contributed by atoms with E-state index in [1.54, 1.807) is 0 Å². The Balaban J connectivity index is 1.87. The lowest BCUT2D eigenvalue weighted by Crippen LogP contribution is -2.56. The summed E-state index contributed by atoms with van der Waals surface area (Å²) >= 11 is 0. The third-order valence-electron chi connectivity index (χ3n) is 9.23. The van der Waals surface area contributed by atoms with E-state index in [9.17, 15) is 4.79 Å². The summed E-state index contributed by atoms with van der Waals surface area (Å²) in [7, 11) is 22.0. The zero-order valence-corrected chi connectivity index (χ0v) is 24.2. The van der Waals surface area contributed by atoms with Gasteiger partial charge in [-0.1, -0.05) is 75.9 Å². The van der Waals surface area contributed by atoms with Gasteiger partial charge in [0.05, 0.1) is 0 Å². The van der Waals surface area contributed by atoms with Crippen LogP contribution in [0.3, 0.4) is 0 Å². The fourth-order valence-electron chi connectivity index (χ4n) is 5.88. The highest BCUT2D eigenvalue weighted by molar-refractivity contribution is 6.69. The lowest BCUT2D eigenvalue weighted by atomic mass is 9.59. The quantitative estimate of drug-likeness (QED) is 0.211. The molecule has 0 unspecified atom stereocenters. The summed E-state index contributed by atoms with van der Waals surface area (Å²) in [6.07, 6.45) is 0.754. The number of hydrogen-bond acceptors (Lipinski definition) is 1. The monoisotopic (exact) mass is 468 g/mol. The molecule has 0 aliphatic carbocycles. The second-order valence-electron chi connectivity index (χ2n) is 10.8. The van der Waals surface area contributed by atoms with Crippen molar-refractivity contribution in [2.24, 2.45) is 0 Å². The van der Waals surface area contributed by atoms with E-state index in [1.807, 2.05) is 30.3 Å². The standard InChI is InChI=1S/C26H30B10O/c27-16-14(17(28)21(32)24(35)20(16)31)9-10-5-1-2-6-11(10)26(37)13-8-4-3-7-12(13)15-18(29)22(33)25(36)23(34)19(15)30/h1-8H,9,27-36H2. The van der Waals surface area contributed by atoms with Crippen molar-refractivity contribution in [3.63, 3.8) is 0 Å². The molecule has 0 aliphatic heterocycles. The average molecular weight is 467 g/mol. The molecule has 0 amide bonds. The second kappa shape index (κ2) is 10.5. The maximum atomic E-state index is 14.3. The molecular formula is C26H30B10O. The third kappa shape index (κ3) is 4.67. The molecule has 11 heteroatoms. The van der Waals surface area contributed by atoms with Crippen LogP contribution >= 0.6 is 0 Å². The Kier molecular flexibility index (Phi) is 7.75. The van der Waals surface area contributed by atoms with E-state index in [0.29, 0.717) is 0 Å². The Hall–Kier alpha value is -2.80. The highest BCUT2D eigenvalue weighted by Crippen LogP contribution is 2.25. The first-order valence-electron chi connectivity index (χ1n) is 13.3. The lowest BCUT2D eigenvalue weighted by Gasteiger charge is -2.23. The summed E-state index contributed by atoms with van der Waals surface area (Å²) < 4.78 is 0. The molecule has 170 valence electrons. The fraction of sp³-hybridized carbons (Fsp3) is 0.0385. The van der Waals surface area contributed by atoms with E-state index in [-0.39, 0.29) is 5.78 Å². The van der Waals surface area contributed by atoms with Crippen LogP contribution in [-0.2, 0) is 6.42 Å². The molecule has 4 rings (SSSR count). The van der Waals surface area contributed by atoms with Gasteiger partial charge in [0, 0.05) is 11.1 Å². The van der Waals surface area contributed by atoms with Gasteiger partial charge in [-0.3, -0.25) is 4.79 Å². The van der Waals surface area contributed by atoms with Gasteiger partial charge in [0.2, 0.25) is 0 Å². The van der Waals surface area contributed by atoms with Gasteiger partial charge in [0.1, 0.15) is 78.5 Å². The Morgan fingerprint density at radius 2 is 0.892 bits per heavy atom. The number of hydrogen-bond donors (Lipinski definition) is 0. The van der Waals surface area contributed by atoms with Gasteiger partial charge in [-0.05, 0) is 23.1 Å². The van der Waals surface area contributed by atoms with Gasteiger partial charge in [0.25, 0.3) is 0 Å². The molecule has 0 saturated carbocycles. The molecule has 0 fully saturated rings. The third-order valence-corrected chi connectivity index (χ3v) is 9.23. The lowest BCUT2D eigenvalue weighted by molar-refractivity contribution is 0.103. The summed E-state index contributed by atoms with van der Waals surface area (Å²) in [6, 6.07) is 16.3. The second-order valence-corrected chi connectivity index (χ2v) is 10.8. The summed E-state index contributed by atoms with van der Waals surface area (Å²) in [4.78, 5) is 14.3. The molecule has 4 aromatic rings. The molecule has 0 saturated heterocycles. The predicted octanol–water partition coefficient (Wildman–Crippen LogP) is -11.2. The SMILES string of the molecule is Bc1c(B)c(B)c(Cc2ccccc2C(=O)c2ccccc2-c2c(B)c(B)c(B)c(B)c2B)c(B)c1B. The largest absolute Gasteiger partial charge is 0.289 e. The van der Waals surface area contributed by atoms with Crippen LogP contribution in [0.15, 0.2) is 48.5 Å². The van der Waals surface area contributed by atoms with Crippen molar-refractivity contribution in [3.05, 3.63) is 70.8 Å². The average Bonchev–Trinajstić information content (AvgIpc) is 2.91. The highest BCUT2D eigenvalue weighted by atomic mass is 16.1. The molecule has 0 aromatic heterocycles. The molecule has 37 heavy (non-hydrogen) atoms. The van der Waals surface area contributed by atoms with Gasteiger partial charge in [-0.25, -0.2) is 0 Å². The molecule has 1 nitrogen and oxygen atoms in total. The Morgan fingerprint density at radius 1 is 0.486 bits per heavy atom. The number of carbonyl (C=O) groups excluding carboxylic acids is 1. The minimum Gasteiger partial charge on any atom is -0.289 e. The summed E-state index contributed by atoms with van der Waals surface area (Å²) in [5, 5.41) is 0. The summed E-state index contributed by atoms with van der Waals surface area (Å²) in [6.45, 7) is 0. The van der Waals surface area contributed by atoms with Crippen LogP contribution < -0.4 is 54.6 Å². The van der Waals surface area contributed by atoms with Gasteiger partial charge in [0.15, 0.2) is 5.78 Å². The van der Waals surface area contributed by atoms with Crippen molar-refractivity contribution in [2.75, 3.05) is 0 Å². The first kappa shape index (κ1) is 27.2. The minimum absolute atomic E-state index is 0.0942. The maximum absolute atomic E-state index is 14.3. The molecule has 0 N–H and O–H groups in total. The van der Waals surface area contributed by atoms with Gasteiger partial charge >= 0.3 is 0 Å². The summed E-state index contributed by atoms with van der Waals surface area (Å²) in [5.74, 6) is 0.0942. The van der Waals surface area contributed by atoms with Gasteiger partial charge < -0.3 is 0 Å². The highest BCUT2D eigenvalue weighted by Gasteiger charge is 2.22. The van der Waals surface area contributed by atoms with E-state index in [1.165, 1.54) is 65.8 Å². The van der Waals surface area contributed by atoms with Crippen molar-refractivity contribution in [2.45, 2.75) is 6.42 Å². The topological polar surface area (TPSA) is 17.1 Å². The molecule has 0 aliphatic rings. The Labute approximate surface area is 231 Å². The Morgan fingerprint density at radius 3 is 1.43 bits per heavy atom. The van der Waals surface area contributed by atoms with Crippen LogP contribution in [0.5, 0.6) is 0 Å². The molecule has 0 atom stereocenters. The Bertz CT molecular complexity index is 1520. The van der Waals surface area contributed by atoms with E-state index < -0.39 is 0 Å². The van der Waals surface area contributed by atoms with E-state index in [2.05, 4.69) is 96.7 Å². The van der Waals surface area contributed by atoms with Crippen molar-refractivity contribution >= 4 is 139 Å². The van der Waals surface area contributed by atoms with E-state index in [4.69, 9.17) is 0 Å². The van der Waals surface area contributed by atoms with Crippen LogP contribution in [-0.4, -0.2) is 84.2 Å². The van der Waals surface area contributed by atoms with Crippen LogP contribution in [0.1, 0.15) is 27.0 Å². The van der Waals surface area contributed by atoms with E-state index >= 15 is 0 Å². The van der Waals surface area contributed by atoms with Crippen molar-refractivity contribution < 1.29 is 4.79 Å². The van der Waals surface area contributed by atoms with Crippen LogP contribution in [0.4, 0.5) is 0 Å². The molecular weight excluding hydrogens is 436 g/mol. The zero-order valence-electron chi connectivity index (χ0n) is 24.2. The van der Waals surface area contributed by atoms with Crippen molar-refractivity contribution in [1.82, 2.24) is 0 Å². The summed E-state index contributed by atoms with van der Waals surface area (Å²) in [5.41, 5.74) is 19.4. The first-order chi connectivity index (χ1) is 17.5. The number of ketones is 1. The smallest absolute Gasteiger partial charge is 0.193 e.